The molecule has 4 rings (SSSR count). The van der Waals surface area contributed by atoms with Crippen LogP contribution in [0.2, 0.25) is 5.02 Å². The van der Waals surface area contributed by atoms with Crippen molar-refractivity contribution in [2.75, 3.05) is 7.05 Å². The fourth-order valence-electron chi connectivity index (χ4n) is 3.46. The van der Waals surface area contributed by atoms with Crippen LogP contribution in [0.25, 0.3) is 16.2 Å². The molecule has 1 amide bonds. The summed E-state index contributed by atoms with van der Waals surface area (Å²) in [5.74, 6) is -0.197. The van der Waals surface area contributed by atoms with Crippen LogP contribution in [0.1, 0.15) is 39.4 Å². The van der Waals surface area contributed by atoms with Gasteiger partial charge >= 0.3 is 0 Å². The summed E-state index contributed by atoms with van der Waals surface area (Å²) in [4.78, 5) is 17.6. The second-order valence-corrected chi connectivity index (χ2v) is 8.68. The summed E-state index contributed by atoms with van der Waals surface area (Å²) < 4.78 is 7.94. The number of fused-ring (bicyclic) bond motifs is 1. The standard InChI is InChI=1S/C23H20ClN5O2S/c1-13(16-5-3-14(10-27-2)7-17(16)24)31-19-8-20(32-22(19)23(26)30)18-11-28-21-6-4-15(9-25)12-29(18)21/h3-8,11-13,27H,10H2,1-2H3,(H2,26,30)/t13-/m1/s1. The van der Waals surface area contributed by atoms with E-state index in [1.54, 1.807) is 35.0 Å². The zero-order valence-electron chi connectivity index (χ0n) is 17.4. The van der Waals surface area contributed by atoms with Crippen molar-refractivity contribution in [1.82, 2.24) is 14.7 Å². The molecule has 0 aliphatic heterocycles. The molecule has 0 spiro atoms. The second-order valence-electron chi connectivity index (χ2n) is 7.22. The number of pyridine rings is 1. The van der Waals surface area contributed by atoms with Gasteiger partial charge < -0.3 is 15.8 Å². The van der Waals surface area contributed by atoms with E-state index in [1.807, 2.05) is 32.2 Å². The highest BCUT2D eigenvalue weighted by molar-refractivity contribution is 7.17. The summed E-state index contributed by atoms with van der Waals surface area (Å²) in [6, 6.07) is 13.2. The average molecular weight is 466 g/mol. The monoisotopic (exact) mass is 465 g/mol. The van der Waals surface area contributed by atoms with Gasteiger partial charge in [-0.1, -0.05) is 23.7 Å². The van der Waals surface area contributed by atoms with Crippen LogP contribution >= 0.6 is 22.9 Å². The van der Waals surface area contributed by atoms with Crippen LogP contribution in [-0.2, 0) is 6.54 Å². The van der Waals surface area contributed by atoms with Crippen LogP contribution < -0.4 is 15.8 Å². The number of nitrogens with zero attached hydrogens (tertiary/aromatic N) is 3. The van der Waals surface area contributed by atoms with Gasteiger partial charge in [0.1, 0.15) is 28.4 Å². The minimum atomic E-state index is -0.578. The maximum atomic E-state index is 12.1. The number of hydrogen-bond donors (Lipinski definition) is 2. The van der Waals surface area contributed by atoms with Crippen molar-refractivity contribution in [3.05, 3.63) is 75.4 Å². The van der Waals surface area contributed by atoms with Crippen molar-refractivity contribution < 1.29 is 9.53 Å². The van der Waals surface area contributed by atoms with E-state index in [2.05, 4.69) is 16.4 Å². The van der Waals surface area contributed by atoms with Gasteiger partial charge in [0.25, 0.3) is 5.91 Å². The number of nitrogens with two attached hydrogens (primary N) is 1. The Kier molecular flexibility index (Phi) is 6.15. The highest BCUT2D eigenvalue weighted by Crippen LogP contribution is 2.39. The Hall–Kier alpha value is -3.38. The number of nitriles is 1. The van der Waals surface area contributed by atoms with Gasteiger partial charge in [0.15, 0.2) is 0 Å². The Morgan fingerprint density at radius 1 is 1.38 bits per heavy atom. The van der Waals surface area contributed by atoms with E-state index in [0.29, 0.717) is 33.4 Å². The second kappa shape index (κ2) is 9.01. The molecule has 0 unspecified atom stereocenters. The van der Waals surface area contributed by atoms with Gasteiger partial charge in [0, 0.05) is 29.4 Å². The summed E-state index contributed by atoms with van der Waals surface area (Å²) in [6.07, 6.45) is 2.99. The van der Waals surface area contributed by atoms with Crippen LogP contribution in [0, 0.1) is 11.3 Å². The summed E-state index contributed by atoms with van der Waals surface area (Å²) in [7, 11) is 1.87. The molecule has 0 aliphatic rings. The number of primary amides is 1. The van der Waals surface area contributed by atoms with Crippen LogP contribution in [-0.4, -0.2) is 22.3 Å². The SMILES string of the molecule is CNCc1ccc([C@@H](C)Oc2cc(-c3cnc4ccc(C#N)cn34)sc2C(N)=O)c(Cl)c1. The number of aromatic nitrogens is 2. The molecule has 0 bridgehead atoms. The van der Waals surface area contributed by atoms with E-state index in [-0.39, 0.29) is 0 Å². The van der Waals surface area contributed by atoms with Gasteiger partial charge in [0.05, 0.1) is 22.3 Å². The summed E-state index contributed by atoms with van der Waals surface area (Å²) in [5.41, 5.74) is 9.44. The summed E-state index contributed by atoms with van der Waals surface area (Å²) >= 11 is 7.69. The number of imidazole rings is 1. The minimum Gasteiger partial charge on any atom is -0.484 e. The van der Waals surface area contributed by atoms with E-state index in [0.717, 1.165) is 21.7 Å². The first kappa shape index (κ1) is 21.8. The molecule has 3 N–H and O–H groups in total. The molecule has 3 aromatic heterocycles. The first-order chi connectivity index (χ1) is 15.4. The van der Waals surface area contributed by atoms with Gasteiger partial charge in [-0.2, -0.15) is 5.26 Å². The third kappa shape index (κ3) is 4.18. The van der Waals surface area contributed by atoms with E-state index >= 15 is 0 Å². The minimum absolute atomic E-state index is 0.307. The van der Waals surface area contributed by atoms with Gasteiger partial charge in [-0.05, 0) is 37.7 Å². The van der Waals surface area contributed by atoms with E-state index < -0.39 is 12.0 Å². The fraction of sp³-hybridized carbons (Fsp3) is 0.174. The Morgan fingerprint density at radius 3 is 2.88 bits per heavy atom. The number of halogens is 1. The van der Waals surface area contributed by atoms with Crippen molar-refractivity contribution in [3.63, 3.8) is 0 Å². The zero-order valence-corrected chi connectivity index (χ0v) is 19.0. The lowest BCUT2D eigenvalue weighted by molar-refractivity contribution is 0.0998. The normalized spacial score (nSPS) is 11.9. The topological polar surface area (TPSA) is 105 Å². The largest absolute Gasteiger partial charge is 0.484 e. The molecule has 9 heteroatoms. The molecule has 0 saturated heterocycles. The highest BCUT2D eigenvalue weighted by Gasteiger charge is 2.21. The van der Waals surface area contributed by atoms with Crippen molar-refractivity contribution >= 4 is 34.5 Å². The first-order valence-corrected chi connectivity index (χ1v) is 11.0. The van der Waals surface area contributed by atoms with Crippen molar-refractivity contribution in [2.24, 2.45) is 5.73 Å². The van der Waals surface area contributed by atoms with Crippen LogP contribution in [0.3, 0.4) is 0 Å². The molecule has 3 heterocycles. The number of nitrogens with one attached hydrogen (secondary N) is 1. The first-order valence-electron chi connectivity index (χ1n) is 9.82. The Balaban J connectivity index is 1.69. The van der Waals surface area contributed by atoms with Crippen LogP contribution in [0.4, 0.5) is 0 Å². The molecule has 7 nitrogen and oxygen atoms in total. The van der Waals surface area contributed by atoms with Gasteiger partial charge in [0.2, 0.25) is 0 Å². The third-order valence-electron chi connectivity index (χ3n) is 5.00. The number of carbonyl (C=O) groups is 1. The predicted molar refractivity (Wildman–Crippen MR) is 125 cm³/mol. The Morgan fingerprint density at radius 2 is 2.19 bits per heavy atom. The van der Waals surface area contributed by atoms with Crippen molar-refractivity contribution in [3.8, 4) is 22.4 Å². The molecule has 1 aromatic carbocycles. The molecule has 4 aromatic rings. The number of rotatable bonds is 7. The smallest absolute Gasteiger partial charge is 0.262 e. The Bertz CT molecular complexity index is 1350. The lowest BCUT2D eigenvalue weighted by Gasteiger charge is -2.17. The average Bonchev–Trinajstić information content (AvgIpc) is 3.37. The van der Waals surface area contributed by atoms with Crippen LogP contribution in [0.5, 0.6) is 5.75 Å². The molecule has 0 aliphatic carbocycles. The highest BCUT2D eigenvalue weighted by atomic mass is 35.5. The maximum absolute atomic E-state index is 12.1. The number of hydrogen-bond acceptors (Lipinski definition) is 6. The number of ether oxygens (including phenoxy) is 1. The molecular weight excluding hydrogens is 446 g/mol. The number of amides is 1. The number of benzene rings is 1. The molecule has 32 heavy (non-hydrogen) atoms. The van der Waals surface area contributed by atoms with Crippen LogP contribution in [0.15, 0.2) is 48.8 Å². The molecule has 0 radical (unpaired) electrons. The quantitative estimate of drug-likeness (QED) is 0.416. The molecule has 0 fully saturated rings. The lowest BCUT2D eigenvalue weighted by Crippen LogP contribution is -2.12. The third-order valence-corrected chi connectivity index (χ3v) is 6.48. The van der Waals surface area contributed by atoms with Crippen molar-refractivity contribution in [1.29, 1.82) is 5.26 Å². The summed E-state index contributed by atoms with van der Waals surface area (Å²) in [5, 5.41) is 12.9. The van der Waals surface area contributed by atoms with E-state index in [4.69, 9.17) is 22.1 Å². The maximum Gasteiger partial charge on any atom is 0.262 e. The summed E-state index contributed by atoms with van der Waals surface area (Å²) in [6.45, 7) is 2.58. The van der Waals surface area contributed by atoms with E-state index in [9.17, 15) is 10.1 Å². The lowest BCUT2D eigenvalue weighted by atomic mass is 10.1. The van der Waals surface area contributed by atoms with Gasteiger partial charge in [-0.15, -0.1) is 11.3 Å². The van der Waals surface area contributed by atoms with Crippen molar-refractivity contribution in [2.45, 2.75) is 19.6 Å². The zero-order chi connectivity index (χ0) is 22.8. The fourth-order valence-corrected chi connectivity index (χ4v) is 4.76. The molecule has 1 atom stereocenters. The molecule has 162 valence electrons. The number of thiophene rings is 1. The van der Waals surface area contributed by atoms with Gasteiger partial charge in [-0.3, -0.25) is 9.20 Å². The predicted octanol–water partition coefficient (Wildman–Crippen LogP) is 4.55. The molecule has 0 saturated carbocycles. The van der Waals surface area contributed by atoms with Gasteiger partial charge in [-0.25, -0.2) is 4.98 Å². The Labute approximate surface area is 194 Å². The molecular formula is C23H20ClN5O2S. The van der Waals surface area contributed by atoms with E-state index in [1.165, 1.54) is 11.3 Å². The number of carbonyl (C=O) groups excluding carboxylic acids is 1.